The summed E-state index contributed by atoms with van der Waals surface area (Å²) in [5.74, 6) is 0. The molecule has 0 atom stereocenters. The van der Waals surface area contributed by atoms with Crippen LogP contribution in [-0.4, -0.2) is 6.04 Å². The van der Waals surface area contributed by atoms with E-state index in [0.29, 0.717) is 0 Å². The zero-order valence-electron chi connectivity index (χ0n) is 10.7. The molecular formula is C15H15Cl2NS. The average Bonchev–Trinajstić information content (AvgIpc) is 3.09. The molecule has 2 aromatic rings. The largest absolute Gasteiger partial charge is 0.309 e. The third-order valence-electron chi connectivity index (χ3n) is 3.32. The van der Waals surface area contributed by atoms with Gasteiger partial charge in [0.05, 0.1) is 0 Å². The van der Waals surface area contributed by atoms with Crippen LogP contribution in [0.15, 0.2) is 24.3 Å². The lowest BCUT2D eigenvalue weighted by atomic mass is 10.1. The maximum absolute atomic E-state index is 6.32. The predicted octanol–water partition coefficient (Wildman–Crippen LogP) is 5.28. The molecule has 0 aliphatic heterocycles. The lowest BCUT2D eigenvalue weighted by Gasteiger charge is -2.05. The van der Waals surface area contributed by atoms with Crippen LogP contribution < -0.4 is 5.32 Å². The van der Waals surface area contributed by atoms with Crippen LogP contribution in [0.4, 0.5) is 0 Å². The van der Waals surface area contributed by atoms with Gasteiger partial charge in [0, 0.05) is 37.9 Å². The lowest BCUT2D eigenvalue weighted by molar-refractivity contribution is 0.695. The number of nitrogens with one attached hydrogen (secondary N) is 1. The van der Waals surface area contributed by atoms with Gasteiger partial charge >= 0.3 is 0 Å². The lowest BCUT2D eigenvalue weighted by Crippen LogP contribution is -2.14. The molecule has 19 heavy (non-hydrogen) atoms. The molecule has 100 valence electrons. The van der Waals surface area contributed by atoms with Gasteiger partial charge in [0.25, 0.3) is 0 Å². The minimum absolute atomic E-state index is 0.739. The highest BCUT2D eigenvalue weighted by Crippen LogP contribution is 2.36. The van der Waals surface area contributed by atoms with E-state index in [0.717, 1.165) is 33.8 Å². The van der Waals surface area contributed by atoms with E-state index < -0.39 is 0 Å². The molecule has 4 heteroatoms. The fourth-order valence-electron chi connectivity index (χ4n) is 1.99. The van der Waals surface area contributed by atoms with Gasteiger partial charge in [-0.3, -0.25) is 0 Å². The summed E-state index contributed by atoms with van der Waals surface area (Å²) in [5.41, 5.74) is 2.04. The maximum atomic E-state index is 6.32. The number of hydrogen-bond acceptors (Lipinski definition) is 2. The van der Waals surface area contributed by atoms with Gasteiger partial charge in [-0.1, -0.05) is 23.2 Å². The van der Waals surface area contributed by atoms with E-state index in [1.165, 1.54) is 22.6 Å². The van der Waals surface area contributed by atoms with Crippen molar-refractivity contribution in [2.45, 2.75) is 32.4 Å². The number of thiophene rings is 1. The topological polar surface area (TPSA) is 12.0 Å². The highest BCUT2D eigenvalue weighted by molar-refractivity contribution is 7.15. The Hall–Kier alpha value is -0.540. The van der Waals surface area contributed by atoms with Crippen LogP contribution in [0.25, 0.3) is 10.4 Å². The van der Waals surface area contributed by atoms with E-state index >= 15 is 0 Å². The molecule has 1 nitrogen and oxygen atoms in total. The Morgan fingerprint density at radius 1 is 1.21 bits per heavy atom. The Balaban J connectivity index is 1.83. The Morgan fingerprint density at radius 2 is 2.00 bits per heavy atom. The summed E-state index contributed by atoms with van der Waals surface area (Å²) in [7, 11) is 0. The van der Waals surface area contributed by atoms with Crippen molar-refractivity contribution < 1.29 is 0 Å². The Labute approximate surface area is 127 Å². The van der Waals surface area contributed by atoms with Gasteiger partial charge in [0.15, 0.2) is 0 Å². The molecule has 1 saturated carbocycles. The highest BCUT2D eigenvalue weighted by Gasteiger charge is 2.20. The summed E-state index contributed by atoms with van der Waals surface area (Å²) in [6.45, 7) is 2.92. The predicted molar refractivity (Wildman–Crippen MR) is 84.4 cm³/mol. The molecule has 0 bridgehead atoms. The summed E-state index contributed by atoms with van der Waals surface area (Å²) in [5, 5.41) is 5.06. The molecule has 1 N–H and O–H groups in total. The van der Waals surface area contributed by atoms with Crippen molar-refractivity contribution in [1.29, 1.82) is 0 Å². The van der Waals surface area contributed by atoms with Crippen LogP contribution in [0.5, 0.6) is 0 Å². The highest BCUT2D eigenvalue weighted by atomic mass is 35.5. The SMILES string of the molecule is Cc1cc(Cl)c(-c2ccc(CNC3CC3)s2)cc1Cl. The monoisotopic (exact) mass is 311 g/mol. The van der Waals surface area contributed by atoms with Crippen LogP contribution in [0, 0.1) is 6.92 Å². The number of benzene rings is 1. The zero-order valence-corrected chi connectivity index (χ0v) is 13.0. The summed E-state index contributed by atoms with van der Waals surface area (Å²) in [6.07, 6.45) is 2.63. The van der Waals surface area contributed by atoms with Crippen LogP contribution >= 0.6 is 34.5 Å². The van der Waals surface area contributed by atoms with Crippen molar-refractivity contribution in [3.8, 4) is 10.4 Å². The molecule has 1 aliphatic rings. The van der Waals surface area contributed by atoms with Gasteiger partial charge in [-0.05, 0) is 49.6 Å². The molecule has 1 aromatic carbocycles. The van der Waals surface area contributed by atoms with Crippen molar-refractivity contribution in [1.82, 2.24) is 5.32 Å². The van der Waals surface area contributed by atoms with E-state index in [9.17, 15) is 0 Å². The van der Waals surface area contributed by atoms with Gasteiger partial charge < -0.3 is 5.32 Å². The Morgan fingerprint density at radius 3 is 2.74 bits per heavy atom. The third-order valence-corrected chi connectivity index (χ3v) is 5.16. The molecule has 1 aliphatic carbocycles. The number of aryl methyl sites for hydroxylation is 1. The first-order valence-electron chi connectivity index (χ1n) is 6.41. The molecule has 1 aromatic heterocycles. The number of rotatable bonds is 4. The number of halogens is 2. The Bertz CT molecular complexity index is 602. The molecule has 0 radical (unpaired) electrons. The average molecular weight is 312 g/mol. The molecule has 0 spiro atoms. The fraction of sp³-hybridized carbons (Fsp3) is 0.333. The van der Waals surface area contributed by atoms with Crippen molar-refractivity contribution in [2.24, 2.45) is 0 Å². The van der Waals surface area contributed by atoms with Crippen LogP contribution in [0.1, 0.15) is 23.3 Å². The molecule has 1 fully saturated rings. The second kappa shape index (κ2) is 5.45. The molecule has 0 amide bonds. The van der Waals surface area contributed by atoms with E-state index in [1.54, 1.807) is 11.3 Å². The summed E-state index contributed by atoms with van der Waals surface area (Å²) < 4.78 is 0. The normalized spacial score (nSPS) is 14.9. The quantitative estimate of drug-likeness (QED) is 0.809. The van der Waals surface area contributed by atoms with Gasteiger partial charge in [0.2, 0.25) is 0 Å². The van der Waals surface area contributed by atoms with Crippen LogP contribution in [0.3, 0.4) is 0 Å². The first kappa shape index (κ1) is 13.4. The van der Waals surface area contributed by atoms with Crippen LogP contribution in [0.2, 0.25) is 10.0 Å². The van der Waals surface area contributed by atoms with E-state index in [1.807, 2.05) is 19.1 Å². The second-order valence-electron chi connectivity index (χ2n) is 5.00. The molecule has 1 heterocycles. The van der Waals surface area contributed by atoms with Crippen molar-refractivity contribution >= 4 is 34.5 Å². The van der Waals surface area contributed by atoms with Crippen LogP contribution in [-0.2, 0) is 6.54 Å². The smallest absolute Gasteiger partial charge is 0.0496 e. The van der Waals surface area contributed by atoms with E-state index in [4.69, 9.17) is 23.2 Å². The van der Waals surface area contributed by atoms with Gasteiger partial charge in [-0.2, -0.15) is 0 Å². The van der Waals surface area contributed by atoms with E-state index in [-0.39, 0.29) is 0 Å². The van der Waals surface area contributed by atoms with Crippen molar-refractivity contribution in [2.75, 3.05) is 0 Å². The minimum Gasteiger partial charge on any atom is -0.309 e. The van der Waals surface area contributed by atoms with Gasteiger partial charge in [-0.25, -0.2) is 0 Å². The van der Waals surface area contributed by atoms with Gasteiger partial charge in [-0.15, -0.1) is 11.3 Å². The van der Waals surface area contributed by atoms with Crippen molar-refractivity contribution in [3.63, 3.8) is 0 Å². The summed E-state index contributed by atoms with van der Waals surface area (Å²) in [4.78, 5) is 2.52. The minimum atomic E-state index is 0.739. The first-order chi connectivity index (χ1) is 9.13. The van der Waals surface area contributed by atoms with Crippen molar-refractivity contribution in [3.05, 3.63) is 44.8 Å². The molecular weight excluding hydrogens is 297 g/mol. The molecule has 3 rings (SSSR count). The van der Waals surface area contributed by atoms with E-state index in [2.05, 4.69) is 17.4 Å². The molecule has 0 saturated heterocycles. The standard InChI is InChI=1S/C15H15Cl2NS/c1-9-6-14(17)12(7-13(9)16)15-5-4-11(19-15)8-18-10-2-3-10/h4-7,10,18H,2-3,8H2,1H3. The summed E-state index contributed by atoms with van der Waals surface area (Å²) in [6, 6.07) is 8.92. The zero-order chi connectivity index (χ0) is 13.4. The number of hydrogen-bond donors (Lipinski definition) is 1. The first-order valence-corrected chi connectivity index (χ1v) is 7.99. The maximum Gasteiger partial charge on any atom is 0.0496 e. The second-order valence-corrected chi connectivity index (χ2v) is 6.99. The van der Waals surface area contributed by atoms with Gasteiger partial charge in [0.1, 0.15) is 0 Å². The molecule has 0 unspecified atom stereocenters. The Kier molecular flexibility index (Phi) is 3.86. The third kappa shape index (κ3) is 3.14. The summed E-state index contributed by atoms with van der Waals surface area (Å²) >= 11 is 14.3. The fourth-order valence-corrected chi connectivity index (χ4v) is 3.51.